The summed E-state index contributed by atoms with van der Waals surface area (Å²) in [5.74, 6) is -0.154. The maximum atomic E-state index is 13.6. The van der Waals surface area contributed by atoms with Gasteiger partial charge in [0.25, 0.3) is 0 Å². The third-order valence-corrected chi connectivity index (χ3v) is 4.06. The summed E-state index contributed by atoms with van der Waals surface area (Å²) in [5, 5.41) is 4.02. The van der Waals surface area contributed by atoms with Crippen LogP contribution in [-0.4, -0.2) is 19.7 Å². The summed E-state index contributed by atoms with van der Waals surface area (Å²) in [5.41, 5.74) is 6.75. The van der Waals surface area contributed by atoms with Gasteiger partial charge < -0.3 is 5.73 Å². The molecule has 1 atom stereocenters. The molecule has 0 aliphatic rings. The van der Waals surface area contributed by atoms with Crippen molar-refractivity contribution in [3.8, 4) is 0 Å². The number of nitrogens with two attached hydrogens (primary N) is 1. The molecular formula is C12H14FN3OS. The van der Waals surface area contributed by atoms with Crippen LogP contribution >= 0.6 is 0 Å². The standard InChI is InChI=1S/C12H14FN3OS/c1-16-10(4-6-15-16)5-7-18(17)12-3-2-9(14)8-11(12)13/h2-4,6,8H,5,7,14H2,1H3. The van der Waals surface area contributed by atoms with Gasteiger partial charge in [0, 0.05) is 36.8 Å². The van der Waals surface area contributed by atoms with Crippen molar-refractivity contribution in [3.63, 3.8) is 0 Å². The minimum atomic E-state index is -1.37. The van der Waals surface area contributed by atoms with Crippen molar-refractivity contribution in [1.82, 2.24) is 9.78 Å². The van der Waals surface area contributed by atoms with Crippen molar-refractivity contribution in [1.29, 1.82) is 0 Å². The first-order valence-corrected chi connectivity index (χ1v) is 6.80. The van der Waals surface area contributed by atoms with Gasteiger partial charge in [0.05, 0.1) is 15.7 Å². The van der Waals surface area contributed by atoms with Crippen LogP contribution in [-0.2, 0) is 24.3 Å². The maximum absolute atomic E-state index is 13.6. The quantitative estimate of drug-likeness (QED) is 0.854. The average molecular weight is 267 g/mol. The van der Waals surface area contributed by atoms with E-state index in [1.165, 1.54) is 12.1 Å². The molecule has 0 aliphatic heterocycles. The number of hydrogen-bond acceptors (Lipinski definition) is 3. The summed E-state index contributed by atoms with van der Waals surface area (Å²) < 4.78 is 27.3. The van der Waals surface area contributed by atoms with E-state index in [2.05, 4.69) is 5.10 Å². The highest BCUT2D eigenvalue weighted by Gasteiger charge is 2.11. The lowest BCUT2D eigenvalue weighted by atomic mass is 10.3. The number of anilines is 1. The first-order valence-electron chi connectivity index (χ1n) is 5.48. The van der Waals surface area contributed by atoms with E-state index in [-0.39, 0.29) is 4.90 Å². The number of halogens is 1. The first-order chi connectivity index (χ1) is 8.58. The Bertz CT molecular complexity index is 582. The maximum Gasteiger partial charge on any atom is 0.141 e. The van der Waals surface area contributed by atoms with Crippen LogP contribution in [0.15, 0.2) is 35.4 Å². The number of aryl methyl sites for hydroxylation is 2. The lowest BCUT2D eigenvalue weighted by Gasteiger charge is -2.05. The SMILES string of the molecule is Cn1nccc1CCS(=O)c1ccc(N)cc1F. The number of nitrogen functional groups attached to an aromatic ring is 1. The second-order valence-electron chi connectivity index (χ2n) is 3.94. The topological polar surface area (TPSA) is 60.9 Å². The molecule has 18 heavy (non-hydrogen) atoms. The van der Waals surface area contributed by atoms with Crippen LogP contribution in [0.2, 0.25) is 0 Å². The first kappa shape index (κ1) is 12.8. The van der Waals surface area contributed by atoms with Crippen molar-refractivity contribution < 1.29 is 8.60 Å². The number of hydrogen-bond donors (Lipinski definition) is 1. The van der Waals surface area contributed by atoms with Crippen molar-refractivity contribution in [2.75, 3.05) is 11.5 Å². The van der Waals surface area contributed by atoms with Gasteiger partial charge in [-0.05, 0) is 24.3 Å². The number of rotatable bonds is 4. The number of benzene rings is 1. The second-order valence-corrected chi connectivity index (χ2v) is 5.47. The third kappa shape index (κ3) is 2.76. The van der Waals surface area contributed by atoms with Gasteiger partial charge in [-0.25, -0.2) is 4.39 Å². The van der Waals surface area contributed by atoms with Crippen molar-refractivity contribution in [2.24, 2.45) is 7.05 Å². The van der Waals surface area contributed by atoms with Crippen molar-refractivity contribution in [2.45, 2.75) is 11.3 Å². The zero-order chi connectivity index (χ0) is 13.1. The Morgan fingerprint density at radius 2 is 2.22 bits per heavy atom. The fourth-order valence-corrected chi connectivity index (χ4v) is 2.77. The molecule has 1 aromatic carbocycles. The Morgan fingerprint density at radius 1 is 1.44 bits per heavy atom. The Morgan fingerprint density at radius 3 is 2.83 bits per heavy atom. The van der Waals surface area contributed by atoms with Gasteiger partial charge in [0.1, 0.15) is 5.82 Å². The van der Waals surface area contributed by atoms with Gasteiger partial charge in [0.15, 0.2) is 0 Å². The lowest BCUT2D eigenvalue weighted by Crippen LogP contribution is -2.07. The summed E-state index contributed by atoms with van der Waals surface area (Å²) in [6.45, 7) is 0. The molecule has 2 aromatic rings. The average Bonchev–Trinajstić information content (AvgIpc) is 2.72. The fraction of sp³-hybridized carbons (Fsp3) is 0.250. The smallest absolute Gasteiger partial charge is 0.141 e. The van der Waals surface area contributed by atoms with Crippen LogP contribution in [0, 0.1) is 5.82 Å². The Hall–Kier alpha value is -1.69. The van der Waals surface area contributed by atoms with Crippen LogP contribution in [0.5, 0.6) is 0 Å². The predicted octanol–water partition coefficient (Wildman–Crippen LogP) is 1.49. The monoisotopic (exact) mass is 267 g/mol. The van der Waals surface area contributed by atoms with E-state index < -0.39 is 16.6 Å². The van der Waals surface area contributed by atoms with Crippen LogP contribution in [0.3, 0.4) is 0 Å². The van der Waals surface area contributed by atoms with E-state index in [1.54, 1.807) is 16.9 Å². The Balaban J connectivity index is 2.06. The van der Waals surface area contributed by atoms with E-state index in [0.29, 0.717) is 17.9 Å². The van der Waals surface area contributed by atoms with Gasteiger partial charge >= 0.3 is 0 Å². The molecule has 1 unspecified atom stereocenters. The largest absolute Gasteiger partial charge is 0.399 e. The number of aromatic nitrogens is 2. The highest BCUT2D eigenvalue weighted by molar-refractivity contribution is 7.85. The zero-order valence-corrected chi connectivity index (χ0v) is 10.8. The fourth-order valence-electron chi connectivity index (χ4n) is 1.66. The highest BCUT2D eigenvalue weighted by atomic mass is 32.2. The van der Waals surface area contributed by atoms with Crippen molar-refractivity contribution >= 4 is 16.5 Å². The summed E-state index contributed by atoms with van der Waals surface area (Å²) in [6, 6.07) is 6.08. The molecular weight excluding hydrogens is 253 g/mol. The Labute approximate surface area is 107 Å². The van der Waals surface area contributed by atoms with Gasteiger partial charge in [-0.3, -0.25) is 8.89 Å². The van der Waals surface area contributed by atoms with E-state index in [9.17, 15) is 8.60 Å². The van der Waals surface area contributed by atoms with Crippen molar-refractivity contribution in [3.05, 3.63) is 42.0 Å². The minimum absolute atomic E-state index is 0.200. The molecule has 0 amide bonds. The molecule has 0 saturated carbocycles. The van der Waals surface area contributed by atoms with Gasteiger partial charge in [-0.15, -0.1) is 0 Å². The Kier molecular flexibility index (Phi) is 3.76. The van der Waals surface area contributed by atoms with Crippen LogP contribution < -0.4 is 5.73 Å². The molecule has 2 rings (SSSR count). The predicted molar refractivity (Wildman–Crippen MR) is 69.0 cm³/mol. The van der Waals surface area contributed by atoms with E-state index in [0.717, 1.165) is 5.69 Å². The lowest BCUT2D eigenvalue weighted by molar-refractivity contribution is 0.595. The molecule has 0 saturated heterocycles. The molecule has 96 valence electrons. The number of nitrogens with zero attached hydrogens (tertiary/aromatic N) is 2. The van der Waals surface area contributed by atoms with Crippen LogP contribution in [0.4, 0.5) is 10.1 Å². The summed E-state index contributed by atoms with van der Waals surface area (Å²) in [6.07, 6.45) is 2.27. The molecule has 0 bridgehead atoms. The summed E-state index contributed by atoms with van der Waals surface area (Å²) in [7, 11) is 0.454. The summed E-state index contributed by atoms with van der Waals surface area (Å²) in [4.78, 5) is 0.200. The van der Waals surface area contributed by atoms with Crippen LogP contribution in [0.25, 0.3) is 0 Å². The van der Waals surface area contributed by atoms with E-state index in [1.807, 2.05) is 13.1 Å². The van der Waals surface area contributed by atoms with Gasteiger partial charge in [-0.1, -0.05) is 0 Å². The molecule has 6 heteroatoms. The third-order valence-electron chi connectivity index (χ3n) is 2.67. The van der Waals surface area contributed by atoms with Gasteiger partial charge in [0.2, 0.25) is 0 Å². The molecule has 2 N–H and O–H groups in total. The molecule has 0 aliphatic carbocycles. The normalized spacial score (nSPS) is 12.6. The molecule has 0 radical (unpaired) electrons. The molecule has 1 aromatic heterocycles. The highest BCUT2D eigenvalue weighted by Crippen LogP contribution is 2.16. The molecule has 4 nitrogen and oxygen atoms in total. The van der Waals surface area contributed by atoms with E-state index >= 15 is 0 Å². The zero-order valence-electron chi connectivity index (χ0n) is 9.97. The summed E-state index contributed by atoms with van der Waals surface area (Å²) >= 11 is 0. The molecule has 1 heterocycles. The second kappa shape index (κ2) is 5.30. The van der Waals surface area contributed by atoms with Crippen LogP contribution in [0.1, 0.15) is 5.69 Å². The molecule has 0 spiro atoms. The minimum Gasteiger partial charge on any atom is -0.399 e. The molecule has 0 fully saturated rings. The van der Waals surface area contributed by atoms with E-state index in [4.69, 9.17) is 5.73 Å². The van der Waals surface area contributed by atoms with Gasteiger partial charge in [-0.2, -0.15) is 5.10 Å².